The largest absolute Gasteiger partial charge is 0.495 e. The topological polar surface area (TPSA) is 36.9 Å². The van der Waals surface area contributed by atoms with E-state index in [4.69, 9.17) is 18.9 Å². The van der Waals surface area contributed by atoms with E-state index >= 15 is 0 Å². The summed E-state index contributed by atoms with van der Waals surface area (Å²) in [6.45, 7) is 4.82. The van der Waals surface area contributed by atoms with Crippen LogP contribution >= 0.6 is 15.9 Å². The SMILES string of the molecule is COc1cc(OC[C@H]2COC(C)(C)O2)ccc1Br. The number of methoxy groups -OCH3 is 1. The third-order valence-corrected chi connectivity index (χ3v) is 3.28. The van der Waals surface area contributed by atoms with Gasteiger partial charge in [-0.3, -0.25) is 0 Å². The molecular weight excluding hydrogens is 300 g/mol. The number of rotatable bonds is 4. The van der Waals surface area contributed by atoms with Crippen molar-refractivity contribution in [2.24, 2.45) is 0 Å². The van der Waals surface area contributed by atoms with E-state index in [9.17, 15) is 0 Å². The molecule has 0 N–H and O–H groups in total. The van der Waals surface area contributed by atoms with E-state index in [0.717, 1.165) is 16.0 Å². The monoisotopic (exact) mass is 316 g/mol. The summed E-state index contributed by atoms with van der Waals surface area (Å²) in [5.41, 5.74) is 0. The van der Waals surface area contributed by atoms with Crippen LogP contribution in [0.3, 0.4) is 0 Å². The first-order valence-electron chi connectivity index (χ1n) is 5.78. The van der Waals surface area contributed by atoms with Crippen molar-refractivity contribution in [3.8, 4) is 11.5 Å². The van der Waals surface area contributed by atoms with Gasteiger partial charge in [0.15, 0.2) is 5.79 Å². The van der Waals surface area contributed by atoms with E-state index in [1.165, 1.54) is 0 Å². The average molecular weight is 317 g/mol. The highest BCUT2D eigenvalue weighted by molar-refractivity contribution is 9.10. The lowest BCUT2D eigenvalue weighted by Gasteiger charge is -2.17. The average Bonchev–Trinajstić information content (AvgIpc) is 2.68. The second kappa shape index (κ2) is 5.47. The Kier molecular flexibility index (Phi) is 4.14. The Hall–Kier alpha value is -0.780. The minimum Gasteiger partial charge on any atom is -0.495 e. The maximum Gasteiger partial charge on any atom is 0.163 e. The molecule has 100 valence electrons. The minimum absolute atomic E-state index is 0.0327. The molecule has 0 unspecified atom stereocenters. The number of hydrogen-bond donors (Lipinski definition) is 0. The Bertz CT molecular complexity index is 419. The first kappa shape index (κ1) is 13.6. The van der Waals surface area contributed by atoms with Crippen LogP contribution in [0.25, 0.3) is 0 Å². The fourth-order valence-electron chi connectivity index (χ4n) is 1.76. The molecule has 0 aromatic heterocycles. The van der Waals surface area contributed by atoms with Gasteiger partial charge in [-0.2, -0.15) is 0 Å². The molecule has 5 heteroatoms. The highest BCUT2D eigenvalue weighted by Gasteiger charge is 2.32. The van der Waals surface area contributed by atoms with Gasteiger partial charge in [-0.05, 0) is 41.9 Å². The van der Waals surface area contributed by atoms with E-state index in [2.05, 4.69) is 15.9 Å². The van der Waals surface area contributed by atoms with Gasteiger partial charge in [-0.1, -0.05) is 0 Å². The standard InChI is InChI=1S/C13H17BrO4/c1-13(2)17-8-10(18-13)7-16-9-4-5-11(14)12(6-9)15-3/h4-6,10H,7-8H2,1-3H3/t10-/m0/s1. The highest BCUT2D eigenvalue weighted by atomic mass is 79.9. The number of benzene rings is 1. The van der Waals surface area contributed by atoms with Crippen molar-refractivity contribution < 1.29 is 18.9 Å². The van der Waals surface area contributed by atoms with Gasteiger partial charge in [0.2, 0.25) is 0 Å². The fourth-order valence-corrected chi connectivity index (χ4v) is 2.17. The van der Waals surface area contributed by atoms with Crippen molar-refractivity contribution in [3.63, 3.8) is 0 Å². The van der Waals surface area contributed by atoms with Crippen LogP contribution < -0.4 is 9.47 Å². The van der Waals surface area contributed by atoms with Crippen molar-refractivity contribution in [3.05, 3.63) is 22.7 Å². The minimum atomic E-state index is -0.508. The maximum absolute atomic E-state index is 5.67. The Morgan fingerprint density at radius 2 is 2.22 bits per heavy atom. The van der Waals surface area contributed by atoms with Gasteiger partial charge < -0.3 is 18.9 Å². The fraction of sp³-hybridized carbons (Fsp3) is 0.538. The van der Waals surface area contributed by atoms with Gasteiger partial charge >= 0.3 is 0 Å². The lowest BCUT2D eigenvalue weighted by Crippen LogP contribution is -2.25. The normalized spacial score (nSPS) is 21.9. The Labute approximate surface area is 115 Å². The summed E-state index contributed by atoms with van der Waals surface area (Å²) in [6.07, 6.45) is -0.0327. The Morgan fingerprint density at radius 1 is 1.44 bits per heavy atom. The first-order chi connectivity index (χ1) is 8.50. The Morgan fingerprint density at radius 3 is 2.83 bits per heavy atom. The molecule has 0 amide bonds. The van der Waals surface area contributed by atoms with Gasteiger partial charge in [-0.15, -0.1) is 0 Å². The second-order valence-electron chi connectivity index (χ2n) is 4.56. The molecule has 2 rings (SSSR count). The van der Waals surface area contributed by atoms with E-state index in [-0.39, 0.29) is 6.10 Å². The zero-order chi connectivity index (χ0) is 13.2. The van der Waals surface area contributed by atoms with Crippen molar-refractivity contribution >= 4 is 15.9 Å². The molecule has 18 heavy (non-hydrogen) atoms. The van der Waals surface area contributed by atoms with Gasteiger partial charge in [0, 0.05) is 6.07 Å². The molecule has 1 aliphatic heterocycles. The predicted octanol–water partition coefficient (Wildman–Crippen LogP) is 2.99. The van der Waals surface area contributed by atoms with E-state index in [0.29, 0.717) is 13.2 Å². The van der Waals surface area contributed by atoms with Crippen molar-refractivity contribution in [1.29, 1.82) is 0 Å². The highest BCUT2D eigenvalue weighted by Crippen LogP contribution is 2.29. The maximum atomic E-state index is 5.67. The molecule has 1 fully saturated rings. The quantitative estimate of drug-likeness (QED) is 0.855. The molecule has 0 spiro atoms. The molecular formula is C13H17BrO4. The van der Waals surface area contributed by atoms with Crippen LogP contribution in [0.4, 0.5) is 0 Å². The van der Waals surface area contributed by atoms with Crippen LogP contribution in [-0.2, 0) is 9.47 Å². The van der Waals surface area contributed by atoms with E-state index in [1.807, 2.05) is 32.0 Å². The zero-order valence-electron chi connectivity index (χ0n) is 10.7. The molecule has 1 aromatic carbocycles. The summed E-state index contributed by atoms with van der Waals surface area (Å²) >= 11 is 3.40. The summed E-state index contributed by atoms with van der Waals surface area (Å²) in [4.78, 5) is 0. The molecule has 1 saturated heterocycles. The number of halogens is 1. The van der Waals surface area contributed by atoms with Crippen LogP contribution in [-0.4, -0.2) is 32.2 Å². The van der Waals surface area contributed by atoms with Crippen LogP contribution in [0, 0.1) is 0 Å². The van der Waals surface area contributed by atoms with Crippen LogP contribution in [0.5, 0.6) is 11.5 Å². The molecule has 4 nitrogen and oxygen atoms in total. The van der Waals surface area contributed by atoms with E-state index < -0.39 is 5.79 Å². The van der Waals surface area contributed by atoms with Gasteiger partial charge in [0.1, 0.15) is 24.2 Å². The summed E-state index contributed by atoms with van der Waals surface area (Å²) in [7, 11) is 1.63. The van der Waals surface area contributed by atoms with Gasteiger partial charge in [0.25, 0.3) is 0 Å². The predicted molar refractivity (Wildman–Crippen MR) is 71.1 cm³/mol. The number of hydrogen-bond acceptors (Lipinski definition) is 4. The van der Waals surface area contributed by atoms with Crippen molar-refractivity contribution in [2.75, 3.05) is 20.3 Å². The lowest BCUT2D eigenvalue weighted by atomic mass is 10.3. The summed E-state index contributed by atoms with van der Waals surface area (Å²) < 4.78 is 22.9. The lowest BCUT2D eigenvalue weighted by molar-refractivity contribution is -0.141. The van der Waals surface area contributed by atoms with Gasteiger partial charge in [0.05, 0.1) is 18.2 Å². The molecule has 0 radical (unpaired) electrons. The third kappa shape index (κ3) is 3.37. The van der Waals surface area contributed by atoms with Crippen molar-refractivity contribution in [2.45, 2.75) is 25.7 Å². The first-order valence-corrected chi connectivity index (χ1v) is 6.57. The van der Waals surface area contributed by atoms with E-state index in [1.54, 1.807) is 7.11 Å². The molecule has 0 bridgehead atoms. The van der Waals surface area contributed by atoms with Gasteiger partial charge in [-0.25, -0.2) is 0 Å². The molecule has 1 aromatic rings. The summed E-state index contributed by atoms with van der Waals surface area (Å²) in [6, 6.07) is 5.61. The molecule has 0 saturated carbocycles. The van der Waals surface area contributed by atoms with Crippen LogP contribution in [0.15, 0.2) is 22.7 Å². The summed E-state index contributed by atoms with van der Waals surface area (Å²) in [5.74, 6) is 0.991. The smallest absolute Gasteiger partial charge is 0.163 e. The Balaban J connectivity index is 1.91. The molecule has 0 aliphatic carbocycles. The van der Waals surface area contributed by atoms with Crippen molar-refractivity contribution in [1.82, 2.24) is 0 Å². The third-order valence-electron chi connectivity index (χ3n) is 2.63. The van der Waals surface area contributed by atoms with Crippen LogP contribution in [0.2, 0.25) is 0 Å². The molecule has 1 atom stereocenters. The number of ether oxygens (including phenoxy) is 4. The van der Waals surface area contributed by atoms with Crippen LogP contribution in [0.1, 0.15) is 13.8 Å². The zero-order valence-corrected chi connectivity index (χ0v) is 12.3. The second-order valence-corrected chi connectivity index (χ2v) is 5.41. The summed E-state index contributed by atoms with van der Waals surface area (Å²) in [5, 5.41) is 0. The molecule has 1 heterocycles. The molecule has 1 aliphatic rings.